The van der Waals surface area contributed by atoms with Crippen LogP contribution in [0.2, 0.25) is 5.02 Å². The minimum absolute atomic E-state index is 0.0613. The summed E-state index contributed by atoms with van der Waals surface area (Å²) in [6.45, 7) is 1.11. The number of rotatable bonds is 5. The van der Waals surface area contributed by atoms with Crippen LogP contribution in [0.4, 0.5) is 11.4 Å². The number of hydrogen-bond acceptors (Lipinski definition) is 6. The zero-order valence-electron chi connectivity index (χ0n) is 16.7. The second-order valence-electron chi connectivity index (χ2n) is 7.16. The molecule has 2 aliphatic rings. The van der Waals surface area contributed by atoms with Gasteiger partial charge in [0, 0.05) is 30.8 Å². The third kappa shape index (κ3) is 4.91. The largest absolute Gasteiger partial charge is 0.489 e. The zero-order valence-corrected chi connectivity index (χ0v) is 17.4. The molecule has 0 atom stereocenters. The Balaban J connectivity index is 1.36. The fraction of sp³-hybridized carbons (Fsp3) is 0.318. The standard InChI is InChI=1S/C22H21ClN2O6/c23-17-10-14(11-18-21(17)30-9-3-8-29-18)22(28)31-13-19(26)24-15-4-1-5-16(12-15)25-7-2-6-20(25)27/h1,4-5,10-12H,2-3,6-9,13H2,(H,24,26). The highest BCUT2D eigenvalue weighted by Gasteiger charge is 2.22. The monoisotopic (exact) mass is 444 g/mol. The Morgan fingerprint density at radius 3 is 2.77 bits per heavy atom. The van der Waals surface area contributed by atoms with Crippen LogP contribution in [0.3, 0.4) is 0 Å². The molecule has 8 nitrogen and oxygen atoms in total. The Morgan fingerprint density at radius 1 is 1.13 bits per heavy atom. The fourth-order valence-electron chi connectivity index (χ4n) is 3.43. The number of nitrogens with zero attached hydrogens (tertiary/aromatic N) is 1. The number of ether oxygens (including phenoxy) is 3. The van der Waals surface area contributed by atoms with Gasteiger partial charge in [0.15, 0.2) is 18.1 Å². The predicted molar refractivity (Wildman–Crippen MR) is 114 cm³/mol. The van der Waals surface area contributed by atoms with Gasteiger partial charge in [-0.2, -0.15) is 0 Å². The predicted octanol–water partition coefficient (Wildman–Crippen LogP) is 3.42. The molecule has 162 valence electrons. The summed E-state index contributed by atoms with van der Waals surface area (Å²) in [7, 11) is 0. The minimum Gasteiger partial charge on any atom is -0.489 e. The second-order valence-corrected chi connectivity index (χ2v) is 7.57. The van der Waals surface area contributed by atoms with Crippen LogP contribution in [0.5, 0.6) is 11.5 Å². The van der Waals surface area contributed by atoms with E-state index in [4.69, 9.17) is 25.8 Å². The lowest BCUT2D eigenvalue weighted by molar-refractivity contribution is -0.119. The number of halogens is 1. The Labute approximate surface area is 184 Å². The van der Waals surface area contributed by atoms with Crippen molar-refractivity contribution in [3.8, 4) is 11.5 Å². The van der Waals surface area contributed by atoms with Gasteiger partial charge in [-0.25, -0.2) is 4.79 Å². The molecule has 0 bridgehead atoms. The van der Waals surface area contributed by atoms with E-state index in [0.717, 1.165) is 12.1 Å². The maximum Gasteiger partial charge on any atom is 0.338 e. The van der Waals surface area contributed by atoms with Gasteiger partial charge in [0.2, 0.25) is 5.91 Å². The first kappa shape index (κ1) is 21.0. The molecule has 4 rings (SSSR count). The van der Waals surface area contributed by atoms with Crippen LogP contribution in [0.1, 0.15) is 29.6 Å². The average molecular weight is 445 g/mol. The third-order valence-electron chi connectivity index (χ3n) is 4.89. The molecule has 2 aliphatic heterocycles. The summed E-state index contributed by atoms with van der Waals surface area (Å²) in [5, 5.41) is 2.91. The summed E-state index contributed by atoms with van der Waals surface area (Å²) in [6.07, 6.45) is 2.05. The van der Waals surface area contributed by atoms with Crippen LogP contribution in [0.15, 0.2) is 36.4 Å². The minimum atomic E-state index is -0.705. The topological polar surface area (TPSA) is 94.2 Å². The molecule has 2 heterocycles. The molecule has 1 N–H and O–H groups in total. The molecule has 0 unspecified atom stereocenters. The molecule has 0 spiro atoms. The van der Waals surface area contributed by atoms with Crippen molar-refractivity contribution in [2.75, 3.05) is 36.6 Å². The lowest BCUT2D eigenvalue weighted by atomic mass is 10.2. The zero-order chi connectivity index (χ0) is 21.8. The van der Waals surface area contributed by atoms with Crippen LogP contribution in [-0.4, -0.2) is 44.1 Å². The van der Waals surface area contributed by atoms with E-state index in [-0.39, 0.29) is 16.5 Å². The lowest BCUT2D eigenvalue weighted by Gasteiger charge is -2.16. The van der Waals surface area contributed by atoms with Gasteiger partial charge >= 0.3 is 5.97 Å². The van der Waals surface area contributed by atoms with E-state index in [1.165, 1.54) is 12.1 Å². The Bertz CT molecular complexity index is 1030. The molecule has 31 heavy (non-hydrogen) atoms. The summed E-state index contributed by atoms with van der Waals surface area (Å²) in [6, 6.07) is 9.89. The van der Waals surface area contributed by atoms with Gasteiger partial charge in [-0.3, -0.25) is 9.59 Å². The van der Waals surface area contributed by atoms with Crippen molar-refractivity contribution in [2.24, 2.45) is 0 Å². The van der Waals surface area contributed by atoms with Crippen molar-refractivity contribution >= 4 is 40.8 Å². The number of carbonyl (C=O) groups excluding carboxylic acids is 3. The van der Waals surface area contributed by atoms with E-state index in [0.29, 0.717) is 49.8 Å². The van der Waals surface area contributed by atoms with Gasteiger partial charge in [0.1, 0.15) is 0 Å². The molecule has 2 amide bonds. The van der Waals surface area contributed by atoms with Crippen molar-refractivity contribution in [2.45, 2.75) is 19.3 Å². The van der Waals surface area contributed by atoms with Crippen molar-refractivity contribution < 1.29 is 28.6 Å². The van der Waals surface area contributed by atoms with E-state index >= 15 is 0 Å². The van der Waals surface area contributed by atoms with Crippen LogP contribution in [0, 0.1) is 0 Å². The van der Waals surface area contributed by atoms with Crippen LogP contribution in [0.25, 0.3) is 0 Å². The molecule has 2 aromatic rings. The van der Waals surface area contributed by atoms with E-state index in [9.17, 15) is 14.4 Å². The molecule has 1 saturated heterocycles. The molecule has 0 saturated carbocycles. The maximum absolute atomic E-state index is 12.4. The molecule has 0 radical (unpaired) electrons. The van der Waals surface area contributed by atoms with Gasteiger partial charge in [-0.1, -0.05) is 17.7 Å². The van der Waals surface area contributed by atoms with E-state index in [1.54, 1.807) is 23.1 Å². The maximum atomic E-state index is 12.4. The van der Waals surface area contributed by atoms with E-state index in [1.807, 2.05) is 6.07 Å². The van der Waals surface area contributed by atoms with E-state index in [2.05, 4.69) is 5.32 Å². The molecule has 0 aliphatic carbocycles. The highest BCUT2D eigenvalue weighted by molar-refractivity contribution is 6.32. The Kier molecular flexibility index (Phi) is 6.27. The number of benzene rings is 2. The number of amides is 2. The van der Waals surface area contributed by atoms with Crippen molar-refractivity contribution in [1.82, 2.24) is 0 Å². The van der Waals surface area contributed by atoms with Crippen molar-refractivity contribution in [3.05, 3.63) is 47.0 Å². The highest BCUT2D eigenvalue weighted by Crippen LogP contribution is 2.38. The SMILES string of the molecule is O=C(COC(=O)c1cc(Cl)c2c(c1)OCCCO2)Nc1cccc(N2CCCC2=O)c1. The summed E-state index contributed by atoms with van der Waals surface area (Å²) in [5.74, 6) is -0.381. The van der Waals surface area contributed by atoms with Gasteiger partial charge in [0.05, 0.1) is 23.8 Å². The lowest BCUT2D eigenvalue weighted by Crippen LogP contribution is -2.24. The molecule has 9 heteroatoms. The number of esters is 1. The Morgan fingerprint density at radius 2 is 1.97 bits per heavy atom. The smallest absolute Gasteiger partial charge is 0.338 e. The van der Waals surface area contributed by atoms with Gasteiger partial charge in [-0.15, -0.1) is 0 Å². The first-order valence-electron chi connectivity index (χ1n) is 9.98. The average Bonchev–Trinajstić information content (AvgIpc) is 3.04. The number of fused-ring (bicyclic) bond motifs is 1. The van der Waals surface area contributed by atoms with E-state index < -0.39 is 18.5 Å². The normalized spacial score (nSPS) is 15.4. The summed E-state index contributed by atoms with van der Waals surface area (Å²) >= 11 is 6.19. The van der Waals surface area contributed by atoms with Crippen molar-refractivity contribution in [3.63, 3.8) is 0 Å². The molecular formula is C22H21ClN2O6. The van der Waals surface area contributed by atoms with Crippen LogP contribution >= 0.6 is 11.6 Å². The number of carbonyl (C=O) groups is 3. The van der Waals surface area contributed by atoms with Gasteiger partial charge in [0.25, 0.3) is 5.91 Å². The molecule has 0 aromatic heterocycles. The highest BCUT2D eigenvalue weighted by atomic mass is 35.5. The third-order valence-corrected chi connectivity index (χ3v) is 5.17. The Hall–Kier alpha value is -3.26. The van der Waals surface area contributed by atoms with Crippen LogP contribution in [-0.2, 0) is 14.3 Å². The first-order chi connectivity index (χ1) is 15.0. The molecule has 2 aromatic carbocycles. The second kappa shape index (κ2) is 9.26. The summed E-state index contributed by atoms with van der Waals surface area (Å²) in [5.41, 5.74) is 1.40. The van der Waals surface area contributed by atoms with Gasteiger partial charge < -0.3 is 24.4 Å². The van der Waals surface area contributed by atoms with Gasteiger partial charge in [-0.05, 0) is 36.8 Å². The van der Waals surface area contributed by atoms with Crippen LogP contribution < -0.4 is 19.7 Å². The number of nitrogens with one attached hydrogen (secondary N) is 1. The summed E-state index contributed by atoms with van der Waals surface area (Å²) in [4.78, 5) is 38.2. The quantitative estimate of drug-likeness (QED) is 0.710. The van der Waals surface area contributed by atoms with Crippen molar-refractivity contribution in [1.29, 1.82) is 0 Å². The fourth-order valence-corrected chi connectivity index (χ4v) is 3.70. The summed E-state index contributed by atoms with van der Waals surface area (Å²) < 4.78 is 16.2. The molecule has 1 fully saturated rings. The first-order valence-corrected chi connectivity index (χ1v) is 10.4. The number of anilines is 2. The molecular weight excluding hydrogens is 424 g/mol. The number of hydrogen-bond donors (Lipinski definition) is 1.